The highest BCUT2D eigenvalue weighted by Gasteiger charge is 2.25. The molecule has 1 saturated carbocycles. The van der Waals surface area contributed by atoms with E-state index in [0.717, 1.165) is 50.5 Å². The Morgan fingerprint density at radius 3 is 2.62 bits per heavy atom. The molecule has 1 saturated heterocycles. The second-order valence-corrected chi connectivity index (χ2v) is 5.78. The van der Waals surface area contributed by atoms with E-state index >= 15 is 0 Å². The van der Waals surface area contributed by atoms with Gasteiger partial charge in [0.1, 0.15) is 5.75 Å². The minimum absolute atomic E-state index is 0.170. The molecule has 1 aromatic carbocycles. The summed E-state index contributed by atoms with van der Waals surface area (Å²) in [4.78, 5) is 16.4. The number of nitrogens with zero attached hydrogens (tertiary/aromatic N) is 2. The quantitative estimate of drug-likeness (QED) is 0.881. The predicted molar refractivity (Wildman–Crippen MR) is 82.8 cm³/mol. The zero-order valence-corrected chi connectivity index (χ0v) is 12.5. The van der Waals surface area contributed by atoms with Crippen LogP contribution in [0, 0.1) is 0 Å². The maximum absolute atomic E-state index is 11.8. The number of ether oxygens (including phenoxy) is 1. The van der Waals surface area contributed by atoms with Gasteiger partial charge in [0.05, 0.1) is 19.3 Å². The number of hydrogen-bond donors (Lipinski definition) is 1. The zero-order chi connectivity index (χ0) is 14.7. The molecule has 114 valence electrons. The van der Waals surface area contributed by atoms with E-state index in [4.69, 9.17) is 4.74 Å². The van der Waals surface area contributed by atoms with E-state index in [0.29, 0.717) is 12.6 Å². The Morgan fingerprint density at radius 2 is 1.95 bits per heavy atom. The molecule has 2 aliphatic rings. The van der Waals surface area contributed by atoms with Crippen molar-refractivity contribution >= 4 is 11.6 Å². The summed E-state index contributed by atoms with van der Waals surface area (Å²) in [6.07, 6.45) is 2.29. The van der Waals surface area contributed by atoms with E-state index in [1.54, 1.807) is 7.11 Å². The SMILES string of the molecule is COc1ccccc1N1CCN(CC(=O)NC2CC2)CC1. The molecule has 21 heavy (non-hydrogen) atoms. The van der Waals surface area contributed by atoms with Crippen LogP contribution in [0.25, 0.3) is 0 Å². The second kappa shape index (κ2) is 6.35. The van der Waals surface area contributed by atoms with E-state index in [2.05, 4.69) is 21.2 Å². The van der Waals surface area contributed by atoms with Crippen molar-refractivity contribution in [3.8, 4) is 5.75 Å². The van der Waals surface area contributed by atoms with Crippen LogP contribution in [0.15, 0.2) is 24.3 Å². The highest BCUT2D eigenvalue weighted by molar-refractivity contribution is 5.78. The Labute approximate surface area is 125 Å². The Hall–Kier alpha value is -1.75. The monoisotopic (exact) mass is 289 g/mol. The van der Waals surface area contributed by atoms with Crippen LogP contribution >= 0.6 is 0 Å². The fourth-order valence-corrected chi connectivity index (χ4v) is 2.74. The molecule has 1 heterocycles. The third-order valence-corrected chi connectivity index (χ3v) is 4.11. The van der Waals surface area contributed by atoms with Crippen LogP contribution < -0.4 is 15.0 Å². The summed E-state index contributed by atoms with van der Waals surface area (Å²) in [5.74, 6) is 1.08. The smallest absolute Gasteiger partial charge is 0.234 e. The second-order valence-electron chi connectivity index (χ2n) is 5.78. The number of rotatable bonds is 5. The van der Waals surface area contributed by atoms with Gasteiger partial charge in [-0.1, -0.05) is 12.1 Å². The number of para-hydroxylation sites is 2. The molecule has 0 atom stereocenters. The van der Waals surface area contributed by atoms with Gasteiger partial charge >= 0.3 is 0 Å². The number of carbonyl (C=O) groups excluding carboxylic acids is 1. The molecule has 1 aromatic rings. The number of anilines is 1. The Morgan fingerprint density at radius 1 is 1.24 bits per heavy atom. The van der Waals surface area contributed by atoms with Crippen LogP contribution in [0.4, 0.5) is 5.69 Å². The van der Waals surface area contributed by atoms with Crippen LogP contribution in [-0.2, 0) is 4.79 Å². The number of methoxy groups -OCH3 is 1. The van der Waals surface area contributed by atoms with Gasteiger partial charge in [-0.25, -0.2) is 0 Å². The summed E-state index contributed by atoms with van der Waals surface area (Å²) in [7, 11) is 1.71. The van der Waals surface area contributed by atoms with Crippen LogP contribution in [0.2, 0.25) is 0 Å². The van der Waals surface area contributed by atoms with Crippen molar-refractivity contribution in [2.75, 3.05) is 44.7 Å². The van der Waals surface area contributed by atoms with Crippen molar-refractivity contribution in [3.63, 3.8) is 0 Å². The summed E-state index contributed by atoms with van der Waals surface area (Å²) in [5.41, 5.74) is 1.14. The third kappa shape index (κ3) is 3.67. The molecule has 5 heteroatoms. The van der Waals surface area contributed by atoms with Gasteiger partial charge in [0.2, 0.25) is 5.91 Å². The molecule has 0 unspecified atom stereocenters. The predicted octanol–water partition coefficient (Wildman–Crippen LogP) is 1.10. The maximum atomic E-state index is 11.8. The summed E-state index contributed by atoms with van der Waals surface area (Å²) in [6, 6.07) is 8.56. The molecule has 0 aromatic heterocycles. The zero-order valence-electron chi connectivity index (χ0n) is 12.5. The van der Waals surface area contributed by atoms with Gasteiger partial charge in [-0.05, 0) is 25.0 Å². The lowest BCUT2D eigenvalue weighted by Gasteiger charge is -2.36. The summed E-state index contributed by atoms with van der Waals surface area (Å²) >= 11 is 0. The van der Waals surface area contributed by atoms with Crippen LogP contribution in [0.3, 0.4) is 0 Å². The first kappa shape index (κ1) is 14.2. The fourth-order valence-electron chi connectivity index (χ4n) is 2.74. The lowest BCUT2D eigenvalue weighted by molar-refractivity contribution is -0.122. The average Bonchev–Trinajstić information content (AvgIpc) is 3.32. The lowest BCUT2D eigenvalue weighted by atomic mass is 10.2. The average molecular weight is 289 g/mol. The standard InChI is InChI=1S/C16H23N3O2/c1-21-15-5-3-2-4-14(15)19-10-8-18(9-11-19)12-16(20)17-13-6-7-13/h2-5,13H,6-12H2,1H3,(H,17,20). The van der Waals surface area contributed by atoms with Crippen LogP contribution in [0.1, 0.15) is 12.8 Å². The fraction of sp³-hybridized carbons (Fsp3) is 0.562. The number of amides is 1. The molecule has 1 amide bonds. The minimum Gasteiger partial charge on any atom is -0.495 e. The molecular weight excluding hydrogens is 266 g/mol. The van der Waals surface area contributed by atoms with Crippen LogP contribution in [-0.4, -0.2) is 56.7 Å². The van der Waals surface area contributed by atoms with Gasteiger partial charge in [-0.3, -0.25) is 9.69 Å². The Kier molecular flexibility index (Phi) is 4.29. The summed E-state index contributed by atoms with van der Waals surface area (Å²) in [5, 5.41) is 3.05. The number of nitrogens with one attached hydrogen (secondary N) is 1. The van der Waals surface area contributed by atoms with Crippen molar-refractivity contribution in [1.82, 2.24) is 10.2 Å². The normalized spacial score (nSPS) is 19.4. The lowest BCUT2D eigenvalue weighted by Crippen LogP contribution is -2.49. The van der Waals surface area contributed by atoms with Crippen molar-refractivity contribution in [2.24, 2.45) is 0 Å². The maximum Gasteiger partial charge on any atom is 0.234 e. The Bertz CT molecular complexity index is 494. The van der Waals surface area contributed by atoms with E-state index in [9.17, 15) is 4.79 Å². The molecule has 3 rings (SSSR count). The van der Waals surface area contributed by atoms with Crippen molar-refractivity contribution in [3.05, 3.63) is 24.3 Å². The molecule has 0 radical (unpaired) electrons. The van der Waals surface area contributed by atoms with Crippen molar-refractivity contribution in [2.45, 2.75) is 18.9 Å². The van der Waals surface area contributed by atoms with E-state index < -0.39 is 0 Å². The molecule has 2 fully saturated rings. The van der Waals surface area contributed by atoms with Gasteiger partial charge in [0.15, 0.2) is 0 Å². The highest BCUT2D eigenvalue weighted by atomic mass is 16.5. The van der Waals surface area contributed by atoms with Gasteiger partial charge in [-0.15, -0.1) is 0 Å². The van der Waals surface area contributed by atoms with E-state index in [-0.39, 0.29) is 5.91 Å². The summed E-state index contributed by atoms with van der Waals surface area (Å²) in [6.45, 7) is 4.21. The van der Waals surface area contributed by atoms with Gasteiger partial charge in [-0.2, -0.15) is 0 Å². The molecule has 0 spiro atoms. The number of hydrogen-bond acceptors (Lipinski definition) is 4. The van der Waals surface area contributed by atoms with Crippen LogP contribution in [0.5, 0.6) is 5.75 Å². The number of benzene rings is 1. The minimum atomic E-state index is 0.170. The summed E-state index contributed by atoms with van der Waals surface area (Å²) < 4.78 is 5.42. The Balaban J connectivity index is 1.51. The van der Waals surface area contributed by atoms with Crippen molar-refractivity contribution < 1.29 is 9.53 Å². The van der Waals surface area contributed by atoms with Crippen molar-refractivity contribution in [1.29, 1.82) is 0 Å². The molecule has 1 aliphatic heterocycles. The van der Waals surface area contributed by atoms with Gasteiger partial charge in [0, 0.05) is 32.2 Å². The first-order valence-corrected chi connectivity index (χ1v) is 7.66. The molecule has 1 aliphatic carbocycles. The number of piperazine rings is 1. The third-order valence-electron chi connectivity index (χ3n) is 4.11. The van der Waals surface area contributed by atoms with Gasteiger partial charge in [0.25, 0.3) is 0 Å². The largest absolute Gasteiger partial charge is 0.495 e. The van der Waals surface area contributed by atoms with Gasteiger partial charge < -0.3 is 15.0 Å². The first-order chi connectivity index (χ1) is 10.3. The topological polar surface area (TPSA) is 44.8 Å². The first-order valence-electron chi connectivity index (χ1n) is 7.66. The number of carbonyl (C=O) groups is 1. The molecule has 5 nitrogen and oxygen atoms in total. The highest BCUT2D eigenvalue weighted by Crippen LogP contribution is 2.28. The molecule has 0 bridgehead atoms. The molecular formula is C16H23N3O2. The van der Waals surface area contributed by atoms with E-state index in [1.165, 1.54) is 0 Å². The van der Waals surface area contributed by atoms with E-state index in [1.807, 2.05) is 18.2 Å². The molecule has 1 N–H and O–H groups in total.